The summed E-state index contributed by atoms with van der Waals surface area (Å²) in [7, 11) is 0. The second-order valence-corrected chi connectivity index (χ2v) is 6.23. The van der Waals surface area contributed by atoms with E-state index in [2.05, 4.69) is 20.6 Å². The summed E-state index contributed by atoms with van der Waals surface area (Å²) in [6, 6.07) is 4.34. The SMILES string of the molecule is Cc1cc(Nc2cc(C(F)(F)F)nc(N[C@H](CO)C(C)C)n2)ccc1F. The summed E-state index contributed by atoms with van der Waals surface area (Å²) in [6.45, 7) is 4.88. The molecule has 0 fully saturated rings. The zero-order valence-electron chi connectivity index (χ0n) is 14.5. The Morgan fingerprint density at radius 2 is 1.85 bits per heavy atom. The van der Waals surface area contributed by atoms with Gasteiger partial charge in [-0.2, -0.15) is 18.2 Å². The van der Waals surface area contributed by atoms with Crippen molar-refractivity contribution in [3.63, 3.8) is 0 Å². The van der Waals surface area contributed by atoms with Gasteiger partial charge in [-0.25, -0.2) is 9.37 Å². The quantitative estimate of drug-likeness (QED) is 0.666. The summed E-state index contributed by atoms with van der Waals surface area (Å²) >= 11 is 0. The maximum Gasteiger partial charge on any atom is 0.433 e. The third-order valence-electron chi connectivity index (χ3n) is 3.76. The molecule has 0 spiro atoms. The number of nitrogens with one attached hydrogen (secondary N) is 2. The minimum atomic E-state index is -4.67. The van der Waals surface area contributed by atoms with Crippen LogP contribution in [0.5, 0.6) is 0 Å². The van der Waals surface area contributed by atoms with Crippen molar-refractivity contribution in [2.24, 2.45) is 5.92 Å². The smallest absolute Gasteiger partial charge is 0.394 e. The van der Waals surface area contributed by atoms with Crippen molar-refractivity contribution in [2.75, 3.05) is 17.2 Å². The van der Waals surface area contributed by atoms with Gasteiger partial charge in [0.2, 0.25) is 5.95 Å². The second-order valence-electron chi connectivity index (χ2n) is 6.23. The topological polar surface area (TPSA) is 70.1 Å². The van der Waals surface area contributed by atoms with Crippen molar-refractivity contribution in [3.8, 4) is 0 Å². The lowest BCUT2D eigenvalue weighted by Crippen LogP contribution is -2.30. The molecule has 26 heavy (non-hydrogen) atoms. The molecule has 0 amide bonds. The van der Waals surface area contributed by atoms with Crippen LogP contribution in [0, 0.1) is 18.7 Å². The highest BCUT2D eigenvalue weighted by molar-refractivity contribution is 5.58. The van der Waals surface area contributed by atoms with Crippen molar-refractivity contribution in [3.05, 3.63) is 41.3 Å². The van der Waals surface area contributed by atoms with Gasteiger partial charge in [0, 0.05) is 11.8 Å². The normalized spacial score (nSPS) is 13.0. The van der Waals surface area contributed by atoms with Crippen LogP contribution in [0.15, 0.2) is 24.3 Å². The number of alkyl halides is 3. The number of aliphatic hydroxyl groups excluding tert-OH is 1. The van der Waals surface area contributed by atoms with E-state index in [1.54, 1.807) is 6.92 Å². The van der Waals surface area contributed by atoms with E-state index in [0.717, 1.165) is 6.07 Å². The van der Waals surface area contributed by atoms with Crippen LogP contribution in [-0.4, -0.2) is 27.7 Å². The first-order valence-corrected chi connectivity index (χ1v) is 7.97. The molecule has 0 aliphatic heterocycles. The average Bonchev–Trinajstić information content (AvgIpc) is 2.55. The van der Waals surface area contributed by atoms with E-state index in [0.29, 0.717) is 11.3 Å². The highest BCUT2D eigenvalue weighted by Crippen LogP contribution is 2.31. The van der Waals surface area contributed by atoms with Gasteiger partial charge < -0.3 is 15.7 Å². The first-order chi connectivity index (χ1) is 12.1. The molecule has 3 N–H and O–H groups in total. The predicted octanol–water partition coefficient (Wildman–Crippen LogP) is 4.12. The molecule has 0 saturated heterocycles. The van der Waals surface area contributed by atoms with Crippen LogP contribution in [0.25, 0.3) is 0 Å². The molecule has 1 heterocycles. The maximum atomic E-state index is 13.3. The molecule has 0 unspecified atom stereocenters. The van der Waals surface area contributed by atoms with E-state index in [1.807, 2.05) is 13.8 Å². The molecule has 5 nitrogen and oxygen atoms in total. The lowest BCUT2D eigenvalue weighted by atomic mass is 10.1. The Kier molecular flexibility index (Phi) is 6.01. The van der Waals surface area contributed by atoms with E-state index in [9.17, 15) is 22.7 Å². The number of hydrogen-bond acceptors (Lipinski definition) is 5. The zero-order valence-corrected chi connectivity index (χ0v) is 14.5. The number of anilines is 3. The molecule has 0 bridgehead atoms. The fourth-order valence-corrected chi connectivity index (χ4v) is 2.18. The van der Waals surface area contributed by atoms with Gasteiger partial charge in [0.15, 0.2) is 5.69 Å². The summed E-state index contributed by atoms with van der Waals surface area (Å²) in [5.41, 5.74) is -0.389. The standard InChI is InChI=1S/C17H20F4N4O/c1-9(2)13(8-26)23-16-24-14(17(19,20)21)7-15(25-16)22-11-4-5-12(18)10(3)6-11/h4-7,9,13,26H,8H2,1-3H3,(H2,22,23,24,25)/t13-/m1/s1. The fraction of sp³-hybridized carbons (Fsp3) is 0.412. The molecule has 0 radical (unpaired) electrons. The van der Waals surface area contributed by atoms with Gasteiger partial charge in [-0.3, -0.25) is 0 Å². The van der Waals surface area contributed by atoms with Crippen molar-refractivity contribution < 1.29 is 22.7 Å². The molecule has 0 aliphatic rings. The van der Waals surface area contributed by atoms with Crippen molar-refractivity contribution >= 4 is 17.5 Å². The number of aromatic nitrogens is 2. The number of aliphatic hydroxyl groups is 1. The first-order valence-electron chi connectivity index (χ1n) is 7.97. The summed E-state index contributed by atoms with van der Waals surface area (Å²) < 4.78 is 52.8. The van der Waals surface area contributed by atoms with Crippen LogP contribution >= 0.6 is 0 Å². The maximum absolute atomic E-state index is 13.3. The molecule has 1 aromatic heterocycles. The molecule has 9 heteroatoms. The van der Waals surface area contributed by atoms with Crippen LogP contribution in [-0.2, 0) is 6.18 Å². The molecule has 142 valence electrons. The van der Waals surface area contributed by atoms with Crippen LogP contribution in [0.4, 0.5) is 35.0 Å². The number of aryl methyl sites for hydroxylation is 1. The monoisotopic (exact) mass is 372 g/mol. The minimum absolute atomic E-state index is 0.0469. The van der Waals surface area contributed by atoms with E-state index in [1.165, 1.54) is 18.2 Å². The molecule has 1 aromatic carbocycles. The van der Waals surface area contributed by atoms with Crippen molar-refractivity contribution in [1.82, 2.24) is 9.97 Å². The Balaban J connectivity index is 2.38. The summed E-state index contributed by atoms with van der Waals surface area (Å²) in [6.07, 6.45) is -4.67. The van der Waals surface area contributed by atoms with Gasteiger partial charge >= 0.3 is 6.18 Å². The lowest BCUT2D eigenvalue weighted by Gasteiger charge is -2.21. The molecular formula is C17H20F4N4O. The highest BCUT2D eigenvalue weighted by Gasteiger charge is 2.34. The number of hydrogen-bond donors (Lipinski definition) is 3. The number of halogens is 4. The average molecular weight is 372 g/mol. The van der Waals surface area contributed by atoms with Crippen LogP contribution in [0.1, 0.15) is 25.1 Å². The third-order valence-corrected chi connectivity index (χ3v) is 3.76. The third kappa shape index (κ3) is 5.04. The number of benzene rings is 1. The summed E-state index contributed by atoms with van der Waals surface area (Å²) in [5.74, 6) is -0.816. The van der Waals surface area contributed by atoms with E-state index in [4.69, 9.17) is 0 Å². The number of rotatable bonds is 6. The van der Waals surface area contributed by atoms with E-state index in [-0.39, 0.29) is 24.3 Å². The molecule has 2 aromatic rings. The van der Waals surface area contributed by atoms with Crippen molar-refractivity contribution in [1.29, 1.82) is 0 Å². The van der Waals surface area contributed by atoms with Gasteiger partial charge in [0.05, 0.1) is 12.6 Å². The molecule has 1 atom stereocenters. The molecule has 0 aliphatic carbocycles. The van der Waals surface area contributed by atoms with Gasteiger partial charge in [0.1, 0.15) is 11.6 Å². The minimum Gasteiger partial charge on any atom is -0.394 e. The lowest BCUT2D eigenvalue weighted by molar-refractivity contribution is -0.141. The van der Waals surface area contributed by atoms with Gasteiger partial charge in [-0.1, -0.05) is 13.8 Å². The Bertz CT molecular complexity index is 765. The predicted molar refractivity (Wildman–Crippen MR) is 90.8 cm³/mol. The van der Waals surface area contributed by atoms with E-state index < -0.39 is 23.7 Å². The second kappa shape index (κ2) is 7.86. The van der Waals surface area contributed by atoms with Gasteiger partial charge in [-0.05, 0) is 36.6 Å². The summed E-state index contributed by atoms with van der Waals surface area (Å²) in [4.78, 5) is 7.52. The number of nitrogens with zero attached hydrogens (tertiary/aromatic N) is 2. The Morgan fingerprint density at radius 1 is 1.15 bits per heavy atom. The fourth-order valence-electron chi connectivity index (χ4n) is 2.18. The Morgan fingerprint density at radius 3 is 2.38 bits per heavy atom. The van der Waals surface area contributed by atoms with Crippen LogP contribution in [0.2, 0.25) is 0 Å². The van der Waals surface area contributed by atoms with Gasteiger partial charge in [0.25, 0.3) is 0 Å². The Hall–Kier alpha value is -2.42. The largest absolute Gasteiger partial charge is 0.433 e. The first kappa shape index (κ1) is 19.9. The molecule has 0 saturated carbocycles. The van der Waals surface area contributed by atoms with Gasteiger partial charge in [-0.15, -0.1) is 0 Å². The van der Waals surface area contributed by atoms with Crippen LogP contribution in [0.3, 0.4) is 0 Å². The molecular weight excluding hydrogens is 352 g/mol. The van der Waals surface area contributed by atoms with Crippen LogP contribution < -0.4 is 10.6 Å². The van der Waals surface area contributed by atoms with Crippen molar-refractivity contribution in [2.45, 2.75) is 33.0 Å². The Labute approximate surface area is 148 Å². The van der Waals surface area contributed by atoms with E-state index >= 15 is 0 Å². The summed E-state index contributed by atoms with van der Waals surface area (Å²) in [5, 5.41) is 14.8. The highest BCUT2D eigenvalue weighted by atomic mass is 19.4. The zero-order chi connectivity index (χ0) is 19.5. The molecule has 2 rings (SSSR count).